The number of rotatable bonds is 4. The number of likely N-dealkylation sites (tertiary alicyclic amines) is 1. The van der Waals surface area contributed by atoms with E-state index < -0.39 is 0 Å². The van der Waals surface area contributed by atoms with Crippen molar-refractivity contribution in [2.24, 2.45) is 0 Å². The summed E-state index contributed by atoms with van der Waals surface area (Å²) in [5.74, 6) is 0. The van der Waals surface area contributed by atoms with E-state index in [0.29, 0.717) is 6.04 Å². The second kappa shape index (κ2) is 5.89. The number of nitriles is 1. The van der Waals surface area contributed by atoms with Gasteiger partial charge in [0.05, 0.1) is 18.2 Å². The Labute approximate surface area is 119 Å². The van der Waals surface area contributed by atoms with E-state index >= 15 is 0 Å². The first kappa shape index (κ1) is 12.9. The second-order valence-corrected chi connectivity index (χ2v) is 5.31. The number of hydrogen-bond acceptors (Lipinski definition) is 3. The van der Waals surface area contributed by atoms with Gasteiger partial charge in [0.25, 0.3) is 0 Å². The third-order valence-corrected chi connectivity index (χ3v) is 3.90. The Hall–Kier alpha value is -2.12. The molecule has 3 rings (SSSR count). The molecule has 2 aromatic rings. The molecule has 0 amide bonds. The summed E-state index contributed by atoms with van der Waals surface area (Å²) in [7, 11) is 0. The maximum Gasteiger partial charge on any atom is 0.0991 e. The summed E-state index contributed by atoms with van der Waals surface area (Å²) in [5, 5.41) is 13.3. The molecule has 0 aliphatic carbocycles. The molecule has 0 N–H and O–H groups in total. The van der Waals surface area contributed by atoms with E-state index in [2.05, 4.69) is 22.1 Å². The molecule has 4 nitrogen and oxygen atoms in total. The molecule has 1 saturated heterocycles. The number of aromatic nitrogens is 2. The van der Waals surface area contributed by atoms with Gasteiger partial charge in [-0.15, -0.1) is 0 Å². The Morgan fingerprint density at radius 1 is 1.35 bits per heavy atom. The van der Waals surface area contributed by atoms with Gasteiger partial charge in [0.2, 0.25) is 0 Å². The molecule has 1 aliphatic rings. The molecule has 0 unspecified atom stereocenters. The first-order valence-corrected chi connectivity index (χ1v) is 7.05. The van der Waals surface area contributed by atoms with E-state index in [9.17, 15) is 0 Å². The normalized spacial score (nSPS) is 19.1. The summed E-state index contributed by atoms with van der Waals surface area (Å²) in [6.07, 6.45) is 6.31. The van der Waals surface area contributed by atoms with Crippen molar-refractivity contribution < 1.29 is 0 Å². The van der Waals surface area contributed by atoms with E-state index in [-0.39, 0.29) is 0 Å². The SMILES string of the molecule is N#Cc1cccc(CN2CCC[C@@H]2Cn2cccn2)c1. The van der Waals surface area contributed by atoms with Gasteiger partial charge in [0.1, 0.15) is 0 Å². The fourth-order valence-electron chi connectivity index (χ4n) is 2.91. The fraction of sp³-hybridized carbons (Fsp3) is 0.375. The van der Waals surface area contributed by atoms with Crippen molar-refractivity contribution >= 4 is 0 Å². The van der Waals surface area contributed by atoms with Crippen molar-refractivity contribution in [1.29, 1.82) is 5.26 Å². The van der Waals surface area contributed by atoms with Crippen LogP contribution in [0.25, 0.3) is 0 Å². The van der Waals surface area contributed by atoms with E-state index in [1.165, 1.54) is 18.4 Å². The van der Waals surface area contributed by atoms with Gasteiger partial charge in [-0.1, -0.05) is 12.1 Å². The Kier molecular flexibility index (Phi) is 3.80. The van der Waals surface area contributed by atoms with Crippen molar-refractivity contribution in [2.75, 3.05) is 6.54 Å². The van der Waals surface area contributed by atoms with Gasteiger partial charge in [-0.25, -0.2) is 0 Å². The molecule has 0 bridgehead atoms. The molecular formula is C16H18N4. The average Bonchev–Trinajstić information content (AvgIpc) is 3.12. The second-order valence-electron chi connectivity index (χ2n) is 5.31. The third-order valence-electron chi connectivity index (χ3n) is 3.90. The zero-order valence-corrected chi connectivity index (χ0v) is 11.4. The van der Waals surface area contributed by atoms with Crippen LogP contribution in [0.4, 0.5) is 0 Å². The van der Waals surface area contributed by atoms with Gasteiger partial charge in [-0.05, 0) is 43.1 Å². The minimum Gasteiger partial charge on any atom is -0.294 e. The van der Waals surface area contributed by atoms with Crippen LogP contribution < -0.4 is 0 Å². The Bertz CT molecular complexity index is 597. The standard InChI is InChI=1S/C16H18N4/c17-11-14-4-1-5-15(10-14)12-19-8-2-6-16(19)13-20-9-3-7-18-20/h1,3-5,7,9-10,16H,2,6,8,12-13H2/t16-/m1/s1. The predicted molar refractivity (Wildman–Crippen MR) is 76.8 cm³/mol. The summed E-state index contributed by atoms with van der Waals surface area (Å²) in [5.41, 5.74) is 1.96. The lowest BCUT2D eigenvalue weighted by Gasteiger charge is -2.24. The van der Waals surface area contributed by atoms with Gasteiger partial charge in [-0.2, -0.15) is 10.4 Å². The van der Waals surface area contributed by atoms with Crippen molar-refractivity contribution in [3.63, 3.8) is 0 Å². The van der Waals surface area contributed by atoms with Crippen LogP contribution in [0.1, 0.15) is 24.0 Å². The van der Waals surface area contributed by atoms with Crippen LogP contribution in [-0.2, 0) is 13.1 Å². The summed E-state index contributed by atoms with van der Waals surface area (Å²) in [6.45, 7) is 3.00. The molecule has 20 heavy (non-hydrogen) atoms. The molecule has 1 aromatic heterocycles. The minimum absolute atomic E-state index is 0.542. The molecule has 0 radical (unpaired) electrons. The van der Waals surface area contributed by atoms with Gasteiger partial charge >= 0.3 is 0 Å². The first-order valence-electron chi connectivity index (χ1n) is 7.05. The Morgan fingerprint density at radius 3 is 3.10 bits per heavy atom. The van der Waals surface area contributed by atoms with Gasteiger partial charge in [0.15, 0.2) is 0 Å². The molecule has 1 aromatic carbocycles. The molecule has 2 heterocycles. The summed E-state index contributed by atoms with van der Waals surface area (Å²) in [4.78, 5) is 2.50. The maximum atomic E-state index is 8.97. The van der Waals surface area contributed by atoms with E-state index in [1.807, 2.05) is 41.3 Å². The topological polar surface area (TPSA) is 44.9 Å². The Morgan fingerprint density at radius 2 is 2.30 bits per heavy atom. The number of hydrogen-bond donors (Lipinski definition) is 0. The highest BCUT2D eigenvalue weighted by atomic mass is 15.3. The number of benzene rings is 1. The van der Waals surface area contributed by atoms with Crippen LogP contribution >= 0.6 is 0 Å². The zero-order chi connectivity index (χ0) is 13.8. The molecule has 1 aliphatic heterocycles. The molecule has 102 valence electrons. The molecule has 0 saturated carbocycles. The van der Waals surface area contributed by atoms with Crippen molar-refractivity contribution in [3.05, 3.63) is 53.9 Å². The van der Waals surface area contributed by atoms with E-state index in [4.69, 9.17) is 5.26 Å². The maximum absolute atomic E-state index is 8.97. The first-order chi connectivity index (χ1) is 9.85. The lowest BCUT2D eigenvalue weighted by Crippen LogP contribution is -2.32. The molecule has 0 spiro atoms. The summed E-state index contributed by atoms with van der Waals surface area (Å²) >= 11 is 0. The van der Waals surface area contributed by atoms with Crippen molar-refractivity contribution in [2.45, 2.75) is 32.0 Å². The van der Waals surface area contributed by atoms with Crippen LogP contribution in [0.2, 0.25) is 0 Å². The van der Waals surface area contributed by atoms with Gasteiger partial charge < -0.3 is 0 Å². The summed E-state index contributed by atoms with van der Waals surface area (Å²) in [6, 6.07) is 12.6. The van der Waals surface area contributed by atoms with Crippen molar-refractivity contribution in [3.8, 4) is 6.07 Å². The highest BCUT2D eigenvalue weighted by Crippen LogP contribution is 2.21. The number of nitrogens with zero attached hydrogens (tertiary/aromatic N) is 4. The molecule has 1 atom stereocenters. The highest BCUT2D eigenvalue weighted by molar-refractivity contribution is 5.32. The molecule has 4 heteroatoms. The molecule has 1 fully saturated rings. The fourth-order valence-corrected chi connectivity index (χ4v) is 2.91. The van der Waals surface area contributed by atoms with E-state index in [1.54, 1.807) is 0 Å². The smallest absolute Gasteiger partial charge is 0.0991 e. The minimum atomic E-state index is 0.542. The monoisotopic (exact) mass is 266 g/mol. The third kappa shape index (κ3) is 2.89. The van der Waals surface area contributed by atoms with Gasteiger partial charge in [0, 0.05) is 25.0 Å². The highest BCUT2D eigenvalue weighted by Gasteiger charge is 2.24. The van der Waals surface area contributed by atoms with Crippen LogP contribution in [-0.4, -0.2) is 27.3 Å². The zero-order valence-electron chi connectivity index (χ0n) is 11.4. The van der Waals surface area contributed by atoms with E-state index in [0.717, 1.165) is 25.2 Å². The lowest BCUT2D eigenvalue weighted by atomic mass is 10.1. The quantitative estimate of drug-likeness (QED) is 0.853. The summed E-state index contributed by atoms with van der Waals surface area (Å²) < 4.78 is 2.01. The van der Waals surface area contributed by atoms with Crippen LogP contribution in [0.5, 0.6) is 0 Å². The van der Waals surface area contributed by atoms with Crippen LogP contribution in [0.15, 0.2) is 42.7 Å². The Balaban J connectivity index is 1.68. The predicted octanol–water partition coefficient (Wildman–Crippen LogP) is 2.42. The van der Waals surface area contributed by atoms with Crippen molar-refractivity contribution in [1.82, 2.24) is 14.7 Å². The average molecular weight is 266 g/mol. The lowest BCUT2D eigenvalue weighted by molar-refractivity contribution is 0.219. The van der Waals surface area contributed by atoms with Crippen LogP contribution in [0.3, 0.4) is 0 Å². The van der Waals surface area contributed by atoms with Crippen LogP contribution in [0, 0.1) is 11.3 Å². The molecular weight excluding hydrogens is 248 g/mol. The van der Waals surface area contributed by atoms with Gasteiger partial charge in [-0.3, -0.25) is 9.58 Å². The largest absolute Gasteiger partial charge is 0.294 e.